The van der Waals surface area contributed by atoms with Gasteiger partial charge >= 0.3 is 0 Å². The average molecular weight is 127 g/mol. The maximum absolute atomic E-state index is 5.70. The molecule has 2 heteroatoms. The Morgan fingerprint density at radius 1 is 1.56 bits per heavy atom. The molecule has 1 heterocycles. The summed E-state index contributed by atoms with van der Waals surface area (Å²) < 4.78 is 5.70. The third kappa shape index (κ3) is 0.775. The first-order valence-electron chi connectivity index (χ1n) is 3.60. The van der Waals surface area contributed by atoms with Gasteiger partial charge in [0.05, 0.1) is 5.60 Å². The summed E-state index contributed by atoms with van der Waals surface area (Å²) in [5, 5.41) is 0. The van der Waals surface area contributed by atoms with Crippen molar-refractivity contribution in [2.45, 2.75) is 31.6 Å². The Morgan fingerprint density at radius 3 is 2.44 bits per heavy atom. The molecular weight excluding hydrogens is 114 g/mol. The molecule has 2 nitrogen and oxygen atoms in total. The van der Waals surface area contributed by atoms with Gasteiger partial charge in [0, 0.05) is 6.54 Å². The van der Waals surface area contributed by atoms with E-state index in [-0.39, 0.29) is 0 Å². The molecule has 1 aliphatic carbocycles. The Morgan fingerprint density at radius 2 is 2.22 bits per heavy atom. The molecule has 0 N–H and O–H groups in total. The van der Waals surface area contributed by atoms with E-state index in [4.69, 9.17) is 4.74 Å². The third-order valence-corrected chi connectivity index (χ3v) is 2.39. The van der Waals surface area contributed by atoms with E-state index in [1.165, 1.54) is 12.8 Å². The number of hydrogen-bond donors (Lipinski definition) is 0. The molecule has 1 atom stereocenters. The van der Waals surface area contributed by atoms with Crippen molar-refractivity contribution < 1.29 is 4.74 Å². The standard InChI is InChI=1S/C7H13NO/c1-6-8(2)5-7(9-6)3-4-7/h6H,3-5H2,1-2H3. The molecule has 9 heavy (non-hydrogen) atoms. The molecule has 0 aromatic carbocycles. The first kappa shape index (κ1) is 5.69. The van der Waals surface area contributed by atoms with Crippen LogP contribution in [0.1, 0.15) is 19.8 Å². The summed E-state index contributed by atoms with van der Waals surface area (Å²) in [7, 11) is 2.12. The maximum Gasteiger partial charge on any atom is 0.108 e. The highest BCUT2D eigenvalue weighted by atomic mass is 16.5. The van der Waals surface area contributed by atoms with Crippen LogP contribution < -0.4 is 0 Å². The van der Waals surface area contributed by atoms with Crippen LogP contribution in [0.4, 0.5) is 0 Å². The van der Waals surface area contributed by atoms with Gasteiger partial charge in [0.1, 0.15) is 6.23 Å². The molecule has 1 saturated heterocycles. The number of likely N-dealkylation sites (N-methyl/N-ethyl adjacent to an activating group) is 1. The number of nitrogens with zero attached hydrogens (tertiary/aromatic N) is 1. The van der Waals surface area contributed by atoms with Crippen molar-refractivity contribution in [1.29, 1.82) is 0 Å². The highest BCUT2D eigenvalue weighted by Gasteiger charge is 2.51. The van der Waals surface area contributed by atoms with Crippen molar-refractivity contribution >= 4 is 0 Å². The average Bonchev–Trinajstić information content (AvgIpc) is 2.42. The highest BCUT2D eigenvalue weighted by Crippen LogP contribution is 2.45. The van der Waals surface area contributed by atoms with Crippen molar-refractivity contribution in [2.75, 3.05) is 13.6 Å². The summed E-state index contributed by atoms with van der Waals surface area (Å²) in [5.41, 5.74) is 0.314. The minimum absolute atomic E-state index is 0.314. The predicted octanol–water partition coefficient (Wildman–Crippen LogP) is 0.827. The van der Waals surface area contributed by atoms with E-state index in [0.29, 0.717) is 11.8 Å². The quantitative estimate of drug-likeness (QED) is 0.478. The zero-order valence-corrected chi connectivity index (χ0v) is 6.05. The molecule has 0 amide bonds. The van der Waals surface area contributed by atoms with Gasteiger partial charge in [-0.1, -0.05) is 0 Å². The Hall–Kier alpha value is -0.0800. The Balaban J connectivity index is 2.06. The highest BCUT2D eigenvalue weighted by molar-refractivity contribution is 5.01. The van der Waals surface area contributed by atoms with E-state index in [1.54, 1.807) is 0 Å². The van der Waals surface area contributed by atoms with Crippen LogP contribution in [-0.2, 0) is 4.74 Å². The second kappa shape index (κ2) is 1.50. The van der Waals surface area contributed by atoms with Crippen LogP contribution in [0.15, 0.2) is 0 Å². The van der Waals surface area contributed by atoms with Crippen LogP contribution in [0.2, 0.25) is 0 Å². The molecule has 2 aliphatic rings. The molecule has 1 unspecified atom stereocenters. The Bertz CT molecular complexity index is 119. The van der Waals surface area contributed by atoms with Gasteiger partial charge in [0.25, 0.3) is 0 Å². The topological polar surface area (TPSA) is 12.5 Å². The molecule has 1 aliphatic heterocycles. The smallest absolute Gasteiger partial charge is 0.108 e. The number of rotatable bonds is 0. The van der Waals surface area contributed by atoms with Crippen molar-refractivity contribution in [3.8, 4) is 0 Å². The summed E-state index contributed by atoms with van der Waals surface area (Å²) in [5.74, 6) is 0. The minimum atomic E-state index is 0.314. The lowest BCUT2D eigenvalue weighted by molar-refractivity contribution is 0.00935. The molecule has 1 spiro atoms. The summed E-state index contributed by atoms with van der Waals surface area (Å²) in [4.78, 5) is 2.27. The van der Waals surface area contributed by atoms with Gasteiger partial charge in [0.2, 0.25) is 0 Å². The first-order valence-corrected chi connectivity index (χ1v) is 3.60. The van der Waals surface area contributed by atoms with Gasteiger partial charge < -0.3 is 4.74 Å². The maximum atomic E-state index is 5.70. The van der Waals surface area contributed by atoms with Crippen molar-refractivity contribution in [3.63, 3.8) is 0 Å². The fourth-order valence-electron chi connectivity index (χ4n) is 1.49. The van der Waals surface area contributed by atoms with Crippen LogP contribution >= 0.6 is 0 Å². The van der Waals surface area contributed by atoms with E-state index in [2.05, 4.69) is 18.9 Å². The van der Waals surface area contributed by atoms with E-state index >= 15 is 0 Å². The van der Waals surface area contributed by atoms with Crippen LogP contribution in [0.5, 0.6) is 0 Å². The fraction of sp³-hybridized carbons (Fsp3) is 1.00. The van der Waals surface area contributed by atoms with E-state index in [1.807, 2.05) is 0 Å². The monoisotopic (exact) mass is 127 g/mol. The molecule has 0 radical (unpaired) electrons. The normalized spacial score (nSPS) is 40.0. The van der Waals surface area contributed by atoms with Gasteiger partial charge in [-0.2, -0.15) is 0 Å². The molecule has 1 saturated carbocycles. The third-order valence-electron chi connectivity index (χ3n) is 2.39. The van der Waals surface area contributed by atoms with Crippen molar-refractivity contribution in [3.05, 3.63) is 0 Å². The Kier molecular flexibility index (Phi) is 0.945. The SMILES string of the molecule is CC1OC2(CC2)CN1C. The second-order valence-electron chi connectivity index (χ2n) is 3.32. The number of ether oxygens (including phenoxy) is 1. The summed E-state index contributed by atoms with van der Waals surface area (Å²) >= 11 is 0. The van der Waals surface area contributed by atoms with Gasteiger partial charge in [0.15, 0.2) is 0 Å². The van der Waals surface area contributed by atoms with E-state index < -0.39 is 0 Å². The number of hydrogen-bond acceptors (Lipinski definition) is 2. The van der Waals surface area contributed by atoms with Gasteiger partial charge in [-0.15, -0.1) is 0 Å². The molecule has 2 fully saturated rings. The molecule has 0 aromatic heterocycles. The predicted molar refractivity (Wildman–Crippen MR) is 35.1 cm³/mol. The van der Waals surface area contributed by atoms with E-state index in [0.717, 1.165) is 6.54 Å². The van der Waals surface area contributed by atoms with Gasteiger partial charge in [-0.3, -0.25) is 4.90 Å². The summed E-state index contributed by atoms with van der Waals surface area (Å²) in [6.07, 6.45) is 2.91. The molecular formula is C7H13NO. The largest absolute Gasteiger partial charge is 0.356 e. The van der Waals surface area contributed by atoms with Crippen molar-refractivity contribution in [1.82, 2.24) is 4.90 Å². The first-order chi connectivity index (χ1) is 4.22. The minimum Gasteiger partial charge on any atom is -0.356 e. The zero-order valence-electron chi connectivity index (χ0n) is 6.05. The lowest BCUT2D eigenvalue weighted by Crippen LogP contribution is -2.22. The van der Waals surface area contributed by atoms with Crippen molar-refractivity contribution in [2.24, 2.45) is 0 Å². The summed E-state index contributed by atoms with van der Waals surface area (Å²) in [6, 6.07) is 0. The van der Waals surface area contributed by atoms with E-state index in [9.17, 15) is 0 Å². The summed E-state index contributed by atoms with van der Waals surface area (Å²) in [6.45, 7) is 3.27. The Labute approximate surface area is 55.8 Å². The van der Waals surface area contributed by atoms with Crippen LogP contribution in [0, 0.1) is 0 Å². The van der Waals surface area contributed by atoms with Crippen LogP contribution in [0.3, 0.4) is 0 Å². The fourth-order valence-corrected chi connectivity index (χ4v) is 1.49. The molecule has 52 valence electrons. The lowest BCUT2D eigenvalue weighted by atomic mass is 10.3. The van der Waals surface area contributed by atoms with Crippen LogP contribution in [-0.4, -0.2) is 30.3 Å². The zero-order chi connectivity index (χ0) is 6.48. The van der Waals surface area contributed by atoms with Gasteiger partial charge in [-0.05, 0) is 26.8 Å². The molecule has 2 rings (SSSR count). The molecule has 0 bridgehead atoms. The lowest BCUT2D eigenvalue weighted by Gasteiger charge is -2.10. The molecule has 0 aromatic rings. The second-order valence-corrected chi connectivity index (χ2v) is 3.32. The van der Waals surface area contributed by atoms with Gasteiger partial charge in [-0.25, -0.2) is 0 Å². The van der Waals surface area contributed by atoms with Crippen LogP contribution in [0.25, 0.3) is 0 Å².